The molecule has 0 bridgehead atoms. The number of urea groups is 1. The number of amides is 3. The summed E-state index contributed by atoms with van der Waals surface area (Å²) in [5.41, 5.74) is 3.16. The molecule has 21 heavy (non-hydrogen) atoms. The Bertz CT molecular complexity index is 576. The highest BCUT2D eigenvalue weighted by atomic mass is 16.2. The number of aliphatic imine (C=N–C) groups is 1. The molecule has 0 aliphatic carbocycles. The number of guanidine groups is 1. The second kappa shape index (κ2) is 4.19. The van der Waals surface area contributed by atoms with E-state index in [1.807, 2.05) is 32.6 Å². The first kappa shape index (κ1) is 13.8. The fourth-order valence-corrected chi connectivity index (χ4v) is 2.93. The third kappa shape index (κ3) is 1.89. The molecule has 2 unspecified atom stereocenters. The molecule has 0 radical (unpaired) electrons. The van der Waals surface area contributed by atoms with Crippen LogP contribution in [0.1, 0.15) is 27.7 Å². The van der Waals surface area contributed by atoms with Crippen molar-refractivity contribution in [3.63, 3.8) is 0 Å². The monoisotopic (exact) mass is 292 g/mol. The van der Waals surface area contributed by atoms with E-state index in [0.717, 1.165) is 5.71 Å². The van der Waals surface area contributed by atoms with Crippen LogP contribution in [0.4, 0.5) is 4.79 Å². The van der Waals surface area contributed by atoms with E-state index in [1.54, 1.807) is 7.05 Å². The molecule has 1 N–H and O–H groups in total. The number of carbonyl (C=O) groups excluding carboxylic acids is 2. The Morgan fingerprint density at radius 3 is 2.57 bits per heavy atom. The Morgan fingerprint density at radius 2 is 1.95 bits per heavy atom. The van der Waals surface area contributed by atoms with Gasteiger partial charge in [-0.05, 0) is 27.7 Å². The number of hydrogen-bond donors (Lipinski definition) is 1. The molecule has 3 rings (SSSR count). The summed E-state index contributed by atoms with van der Waals surface area (Å²) in [5, 5.41) is 4.13. The van der Waals surface area contributed by atoms with Crippen LogP contribution in [0.2, 0.25) is 0 Å². The van der Waals surface area contributed by atoms with Crippen molar-refractivity contribution in [1.29, 1.82) is 0 Å². The molecule has 8 nitrogen and oxygen atoms in total. The van der Waals surface area contributed by atoms with Crippen molar-refractivity contribution in [3.05, 3.63) is 0 Å². The van der Waals surface area contributed by atoms with E-state index in [4.69, 9.17) is 0 Å². The van der Waals surface area contributed by atoms with E-state index < -0.39 is 17.7 Å². The van der Waals surface area contributed by atoms with Crippen molar-refractivity contribution in [2.45, 2.75) is 45.4 Å². The molecule has 1 fully saturated rings. The lowest BCUT2D eigenvalue weighted by atomic mass is 10.0. The first-order valence-corrected chi connectivity index (χ1v) is 6.96. The fourth-order valence-electron chi connectivity index (χ4n) is 2.93. The van der Waals surface area contributed by atoms with Crippen LogP contribution in [0, 0.1) is 0 Å². The number of fused-ring (bicyclic) bond motifs is 3. The lowest BCUT2D eigenvalue weighted by Crippen LogP contribution is -2.69. The Balaban J connectivity index is 2.00. The van der Waals surface area contributed by atoms with Gasteiger partial charge >= 0.3 is 6.03 Å². The van der Waals surface area contributed by atoms with Crippen LogP contribution in [0.5, 0.6) is 0 Å². The molecule has 8 heteroatoms. The van der Waals surface area contributed by atoms with E-state index in [-0.39, 0.29) is 11.9 Å². The second-order valence-electron chi connectivity index (χ2n) is 6.64. The number of likely N-dealkylation sites (N-methyl/N-ethyl adjacent to an activating group) is 1. The third-order valence-electron chi connectivity index (χ3n) is 3.92. The first-order valence-electron chi connectivity index (χ1n) is 6.96. The maximum Gasteiger partial charge on any atom is 0.328 e. The van der Waals surface area contributed by atoms with E-state index in [2.05, 4.69) is 15.5 Å². The molecular formula is C13H20N6O2. The lowest BCUT2D eigenvalue weighted by molar-refractivity contribution is -0.141. The number of rotatable bonds is 0. The number of imide groups is 1. The minimum Gasteiger partial charge on any atom is -0.320 e. The lowest BCUT2D eigenvalue weighted by Gasteiger charge is -2.46. The van der Waals surface area contributed by atoms with E-state index >= 15 is 0 Å². The maximum atomic E-state index is 12.9. The predicted octanol–water partition coefficient (Wildman–Crippen LogP) is 0.0243. The zero-order valence-electron chi connectivity index (χ0n) is 12.9. The summed E-state index contributed by atoms with van der Waals surface area (Å²) in [6.07, 6.45) is -0.493. The van der Waals surface area contributed by atoms with Crippen molar-refractivity contribution in [2.24, 2.45) is 10.1 Å². The van der Waals surface area contributed by atoms with Gasteiger partial charge in [-0.2, -0.15) is 5.10 Å². The summed E-state index contributed by atoms with van der Waals surface area (Å²) < 4.78 is 0. The third-order valence-corrected chi connectivity index (χ3v) is 3.92. The Morgan fingerprint density at radius 1 is 1.29 bits per heavy atom. The van der Waals surface area contributed by atoms with Gasteiger partial charge in [0, 0.05) is 12.6 Å². The number of nitrogens with one attached hydrogen (secondary N) is 1. The van der Waals surface area contributed by atoms with Crippen molar-refractivity contribution in [1.82, 2.24) is 20.1 Å². The van der Waals surface area contributed by atoms with E-state index in [1.165, 1.54) is 9.80 Å². The molecule has 3 aliphatic rings. The number of hydrazone groups is 1. The van der Waals surface area contributed by atoms with Gasteiger partial charge in [-0.15, -0.1) is 0 Å². The summed E-state index contributed by atoms with van der Waals surface area (Å²) in [5.74, 6) is 0.352. The zero-order chi connectivity index (χ0) is 15.5. The van der Waals surface area contributed by atoms with Gasteiger partial charge in [0.2, 0.25) is 5.96 Å². The Kier molecular flexibility index (Phi) is 2.76. The second-order valence-corrected chi connectivity index (χ2v) is 6.64. The van der Waals surface area contributed by atoms with Crippen molar-refractivity contribution in [2.75, 3.05) is 13.6 Å². The van der Waals surface area contributed by atoms with Gasteiger partial charge in [-0.1, -0.05) is 0 Å². The van der Waals surface area contributed by atoms with Gasteiger partial charge in [0.05, 0.1) is 12.3 Å². The first-order chi connectivity index (χ1) is 9.71. The van der Waals surface area contributed by atoms with Crippen LogP contribution in [0.25, 0.3) is 0 Å². The average molecular weight is 292 g/mol. The van der Waals surface area contributed by atoms with E-state index in [9.17, 15) is 9.59 Å². The molecule has 0 saturated carbocycles. The minimum absolute atomic E-state index is 0.203. The Hall–Kier alpha value is -2.12. The quantitative estimate of drug-likeness (QED) is 0.683. The summed E-state index contributed by atoms with van der Waals surface area (Å²) in [6.45, 7) is 8.00. The minimum atomic E-state index is -0.567. The van der Waals surface area contributed by atoms with Gasteiger partial charge in [-0.3, -0.25) is 9.69 Å². The van der Waals surface area contributed by atoms with Gasteiger partial charge < -0.3 is 9.80 Å². The molecular weight excluding hydrogens is 272 g/mol. The summed E-state index contributed by atoms with van der Waals surface area (Å²) in [4.78, 5) is 34.5. The normalized spacial score (nSPS) is 28.9. The fraction of sp³-hybridized carbons (Fsp3) is 0.692. The molecule has 3 aliphatic heterocycles. The molecule has 0 aromatic heterocycles. The molecule has 0 spiro atoms. The van der Waals surface area contributed by atoms with Gasteiger partial charge in [0.15, 0.2) is 12.2 Å². The summed E-state index contributed by atoms with van der Waals surface area (Å²) in [7, 11) is 1.68. The van der Waals surface area contributed by atoms with Crippen molar-refractivity contribution < 1.29 is 9.59 Å². The van der Waals surface area contributed by atoms with Gasteiger partial charge in [0.1, 0.15) is 0 Å². The molecule has 0 aromatic rings. The highest BCUT2D eigenvalue weighted by Gasteiger charge is 2.54. The summed E-state index contributed by atoms with van der Waals surface area (Å²) >= 11 is 0. The molecule has 2 atom stereocenters. The van der Waals surface area contributed by atoms with Crippen LogP contribution in [0.15, 0.2) is 10.1 Å². The molecule has 3 heterocycles. The number of carbonyl (C=O) groups is 2. The highest BCUT2D eigenvalue weighted by Crippen LogP contribution is 2.31. The van der Waals surface area contributed by atoms with E-state index in [0.29, 0.717) is 12.5 Å². The van der Waals surface area contributed by atoms with Crippen molar-refractivity contribution >= 4 is 23.6 Å². The number of nitrogens with zero attached hydrogens (tertiary/aromatic N) is 5. The topological polar surface area (TPSA) is 80.6 Å². The smallest absolute Gasteiger partial charge is 0.320 e. The molecule has 114 valence electrons. The van der Waals surface area contributed by atoms with Crippen LogP contribution in [0.3, 0.4) is 0 Å². The van der Waals surface area contributed by atoms with Crippen LogP contribution < -0.4 is 5.43 Å². The van der Waals surface area contributed by atoms with Crippen LogP contribution in [-0.2, 0) is 4.79 Å². The molecule has 1 saturated heterocycles. The molecule has 0 aromatic carbocycles. The van der Waals surface area contributed by atoms with Crippen LogP contribution in [-0.4, -0.2) is 69.6 Å². The highest BCUT2D eigenvalue weighted by molar-refractivity contribution is 6.06. The maximum absolute atomic E-state index is 12.9. The summed E-state index contributed by atoms with van der Waals surface area (Å²) in [6, 6.07) is -0.796. The average Bonchev–Trinajstić information content (AvgIpc) is 2.73. The predicted molar refractivity (Wildman–Crippen MR) is 77.7 cm³/mol. The SMILES string of the molecule is CC1=NNC2=NC3C(C(=O)N(C(C)(C)C)C(=O)N3C)N2C1. The molecule has 3 amide bonds. The van der Waals surface area contributed by atoms with Gasteiger partial charge in [0.25, 0.3) is 5.91 Å². The van der Waals surface area contributed by atoms with Gasteiger partial charge in [-0.25, -0.2) is 15.2 Å². The standard InChI is InChI=1S/C13H20N6O2/c1-7-6-18-8-9(14-11(18)16-15-7)17(5)12(21)19(10(8)20)13(2,3)4/h8-9H,6H2,1-5H3,(H,14,16). The number of hydrogen-bond acceptors (Lipinski definition) is 6. The zero-order valence-corrected chi connectivity index (χ0v) is 12.9. The van der Waals surface area contributed by atoms with Crippen molar-refractivity contribution in [3.8, 4) is 0 Å². The largest absolute Gasteiger partial charge is 0.328 e. The van der Waals surface area contributed by atoms with Crippen LogP contribution >= 0.6 is 0 Å². The Labute approximate surface area is 123 Å².